The van der Waals surface area contributed by atoms with Crippen LogP contribution < -0.4 is 10.2 Å². The van der Waals surface area contributed by atoms with E-state index in [-0.39, 0.29) is 5.91 Å². The van der Waals surface area contributed by atoms with Gasteiger partial charge in [0.15, 0.2) is 0 Å². The molecule has 2 heterocycles. The Morgan fingerprint density at radius 3 is 2.92 bits per heavy atom. The average Bonchev–Trinajstić information content (AvgIpc) is 3.23. The molecule has 1 aliphatic heterocycles. The quantitative estimate of drug-likeness (QED) is 0.644. The van der Waals surface area contributed by atoms with Gasteiger partial charge in [0.1, 0.15) is 0 Å². The van der Waals surface area contributed by atoms with Gasteiger partial charge in [-0.3, -0.25) is 4.79 Å². The number of amides is 1. The molecule has 0 radical (unpaired) electrons. The number of para-hydroxylation sites is 1. The van der Waals surface area contributed by atoms with Crippen LogP contribution in [-0.2, 0) is 11.2 Å². The summed E-state index contributed by atoms with van der Waals surface area (Å²) in [7, 11) is 0. The van der Waals surface area contributed by atoms with Gasteiger partial charge in [-0.2, -0.15) is 0 Å². The summed E-state index contributed by atoms with van der Waals surface area (Å²) in [6.07, 6.45) is 0.953. The summed E-state index contributed by atoms with van der Waals surface area (Å²) in [6, 6.07) is 14.1. The molecule has 0 atom stereocenters. The lowest BCUT2D eigenvalue weighted by atomic mass is 10.1. The van der Waals surface area contributed by atoms with E-state index in [1.807, 2.05) is 31.2 Å². The Morgan fingerprint density at radius 2 is 2.15 bits per heavy atom. The lowest BCUT2D eigenvalue weighted by Crippen LogP contribution is -2.31. The van der Waals surface area contributed by atoms with Crippen molar-refractivity contribution in [2.24, 2.45) is 0 Å². The van der Waals surface area contributed by atoms with Crippen LogP contribution in [0.4, 0.5) is 11.4 Å². The number of fused-ring (bicyclic) bond motifs is 1. The monoisotopic (exact) mass is 427 g/mol. The molecule has 4 rings (SSSR count). The van der Waals surface area contributed by atoms with Crippen molar-refractivity contribution < 1.29 is 4.79 Å². The smallest absolute Gasteiger partial charge is 0.243 e. The first-order chi connectivity index (χ1) is 12.6. The Bertz CT molecular complexity index is 969. The molecule has 0 unspecified atom stereocenters. The predicted octanol–water partition coefficient (Wildman–Crippen LogP) is 4.88. The first-order valence-electron chi connectivity index (χ1n) is 8.45. The van der Waals surface area contributed by atoms with Gasteiger partial charge in [-0.15, -0.1) is 11.3 Å². The lowest BCUT2D eigenvalue weighted by molar-refractivity contribution is -0.115. The van der Waals surface area contributed by atoms with E-state index in [4.69, 9.17) is 0 Å². The van der Waals surface area contributed by atoms with Crippen LogP contribution in [0.2, 0.25) is 0 Å². The number of rotatable bonds is 4. The molecule has 1 aromatic heterocycles. The third-order valence-corrected chi connectivity index (χ3v) is 5.93. The molecular formula is C20H18BrN3OS. The van der Waals surface area contributed by atoms with E-state index >= 15 is 0 Å². The molecule has 1 N–H and O–H groups in total. The normalized spacial score (nSPS) is 12.9. The van der Waals surface area contributed by atoms with E-state index in [2.05, 4.69) is 54.7 Å². The maximum Gasteiger partial charge on any atom is 0.243 e. The highest BCUT2D eigenvalue weighted by atomic mass is 79.9. The topological polar surface area (TPSA) is 45.2 Å². The molecule has 1 amide bonds. The van der Waals surface area contributed by atoms with E-state index in [0.717, 1.165) is 45.1 Å². The van der Waals surface area contributed by atoms with E-state index in [0.29, 0.717) is 6.54 Å². The SMILES string of the molecule is Cc1nc(-c2ccc3c(c2)CCN3CC(=O)Nc2ccccc2Br)cs1. The molecule has 26 heavy (non-hydrogen) atoms. The van der Waals surface area contributed by atoms with Crippen molar-refractivity contribution >= 4 is 44.5 Å². The second-order valence-electron chi connectivity index (χ2n) is 6.29. The Hall–Kier alpha value is -2.18. The third kappa shape index (κ3) is 3.52. The summed E-state index contributed by atoms with van der Waals surface area (Å²) in [6.45, 7) is 3.23. The summed E-state index contributed by atoms with van der Waals surface area (Å²) in [4.78, 5) is 19.1. The number of hydrogen-bond donors (Lipinski definition) is 1. The van der Waals surface area contributed by atoms with Crippen LogP contribution in [0.15, 0.2) is 52.3 Å². The minimum Gasteiger partial charge on any atom is -0.362 e. The summed E-state index contributed by atoms with van der Waals surface area (Å²) in [5.74, 6) is -0.0102. The summed E-state index contributed by atoms with van der Waals surface area (Å²) < 4.78 is 0.887. The van der Waals surface area contributed by atoms with Crippen LogP contribution >= 0.6 is 27.3 Å². The number of thiazole rings is 1. The van der Waals surface area contributed by atoms with Crippen molar-refractivity contribution in [3.05, 3.63) is 62.9 Å². The Morgan fingerprint density at radius 1 is 1.31 bits per heavy atom. The Labute approximate surface area is 165 Å². The zero-order chi connectivity index (χ0) is 18.1. The molecule has 4 nitrogen and oxygen atoms in total. The molecule has 1 aliphatic rings. The summed E-state index contributed by atoms with van der Waals surface area (Å²) in [5.41, 5.74) is 5.39. The first kappa shape index (κ1) is 17.2. The number of aromatic nitrogens is 1. The first-order valence-corrected chi connectivity index (χ1v) is 10.1. The van der Waals surface area contributed by atoms with Crippen molar-refractivity contribution in [3.8, 4) is 11.3 Å². The minimum atomic E-state index is -0.0102. The second-order valence-corrected chi connectivity index (χ2v) is 8.21. The van der Waals surface area contributed by atoms with Gasteiger partial charge in [0, 0.05) is 27.6 Å². The van der Waals surface area contributed by atoms with Crippen LogP contribution in [0.25, 0.3) is 11.3 Å². The molecule has 0 bridgehead atoms. The van der Waals surface area contributed by atoms with Crippen molar-refractivity contribution in [1.29, 1.82) is 0 Å². The third-order valence-electron chi connectivity index (χ3n) is 4.47. The number of nitrogens with zero attached hydrogens (tertiary/aromatic N) is 2. The molecule has 6 heteroatoms. The molecule has 0 fully saturated rings. The second kappa shape index (κ2) is 7.21. The highest BCUT2D eigenvalue weighted by Crippen LogP contribution is 2.32. The van der Waals surface area contributed by atoms with E-state index in [1.165, 1.54) is 5.56 Å². The van der Waals surface area contributed by atoms with Gasteiger partial charge in [0.2, 0.25) is 5.91 Å². The fraction of sp³-hybridized carbons (Fsp3) is 0.200. The number of anilines is 2. The van der Waals surface area contributed by atoms with Gasteiger partial charge >= 0.3 is 0 Å². The zero-order valence-electron chi connectivity index (χ0n) is 14.3. The number of carbonyl (C=O) groups is 1. The molecule has 3 aromatic rings. The van der Waals surface area contributed by atoms with Crippen LogP contribution in [0.3, 0.4) is 0 Å². The maximum absolute atomic E-state index is 12.4. The Kier molecular flexibility index (Phi) is 4.78. The summed E-state index contributed by atoms with van der Waals surface area (Å²) >= 11 is 5.13. The van der Waals surface area contributed by atoms with Gasteiger partial charge in [-0.05, 0) is 59.1 Å². The number of halogens is 1. The van der Waals surface area contributed by atoms with Gasteiger partial charge in [-0.1, -0.05) is 18.2 Å². The van der Waals surface area contributed by atoms with E-state index in [1.54, 1.807) is 11.3 Å². The lowest BCUT2D eigenvalue weighted by Gasteiger charge is -2.19. The largest absolute Gasteiger partial charge is 0.362 e. The predicted molar refractivity (Wildman–Crippen MR) is 111 cm³/mol. The van der Waals surface area contributed by atoms with Crippen molar-refractivity contribution in [1.82, 2.24) is 4.98 Å². The van der Waals surface area contributed by atoms with Crippen LogP contribution in [0, 0.1) is 6.92 Å². The molecule has 2 aromatic carbocycles. The zero-order valence-corrected chi connectivity index (χ0v) is 16.7. The number of aryl methyl sites for hydroxylation is 1. The minimum absolute atomic E-state index is 0.0102. The fourth-order valence-electron chi connectivity index (χ4n) is 3.22. The Balaban J connectivity index is 1.48. The number of benzene rings is 2. The molecular weight excluding hydrogens is 410 g/mol. The standard InChI is InChI=1S/C20H18BrN3OS/c1-13-22-18(12-26-13)14-6-7-19-15(10-14)8-9-24(19)11-20(25)23-17-5-3-2-4-16(17)21/h2-7,10,12H,8-9,11H2,1H3,(H,23,25). The van der Waals surface area contributed by atoms with Gasteiger partial charge in [-0.25, -0.2) is 4.98 Å². The fourth-order valence-corrected chi connectivity index (χ4v) is 4.22. The van der Waals surface area contributed by atoms with E-state index < -0.39 is 0 Å². The van der Waals surface area contributed by atoms with Crippen LogP contribution in [-0.4, -0.2) is 24.0 Å². The molecule has 0 spiro atoms. The van der Waals surface area contributed by atoms with Crippen LogP contribution in [0.1, 0.15) is 10.6 Å². The highest BCUT2D eigenvalue weighted by Gasteiger charge is 2.22. The van der Waals surface area contributed by atoms with Gasteiger partial charge < -0.3 is 10.2 Å². The average molecular weight is 428 g/mol. The van der Waals surface area contributed by atoms with Gasteiger partial charge in [0.25, 0.3) is 0 Å². The maximum atomic E-state index is 12.4. The number of hydrogen-bond acceptors (Lipinski definition) is 4. The van der Waals surface area contributed by atoms with Crippen molar-refractivity contribution in [3.63, 3.8) is 0 Å². The number of nitrogens with one attached hydrogen (secondary N) is 1. The molecule has 0 aliphatic carbocycles. The molecule has 0 saturated carbocycles. The summed E-state index contributed by atoms with van der Waals surface area (Å²) in [5, 5.41) is 6.14. The van der Waals surface area contributed by atoms with E-state index in [9.17, 15) is 4.79 Å². The van der Waals surface area contributed by atoms with Crippen LogP contribution in [0.5, 0.6) is 0 Å². The molecule has 0 saturated heterocycles. The highest BCUT2D eigenvalue weighted by molar-refractivity contribution is 9.10. The molecule has 132 valence electrons. The van der Waals surface area contributed by atoms with Gasteiger partial charge in [0.05, 0.1) is 22.9 Å². The van der Waals surface area contributed by atoms with Crippen molar-refractivity contribution in [2.45, 2.75) is 13.3 Å². The van der Waals surface area contributed by atoms with Crippen molar-refractivity contribution in [2.75, 3.05) is 23.3 Å². The number of carbonyl (C=O) groups excluding carboxylic acids is 1.